The second-order valence-electron chi connectivity index (χ2n) is 3.74. The Balaban J connectivity index is 2.31. The van der Waals surface area contributed by atoms with Crippen molar-refractivity contribution in [3.8, 4) is 0 Å². The summed E-state index contributed by atoms with van der Waals surface area (Å²) in [4.78, 5) is 14.9. The number of nitrogens with one attached hydrogen (secondary N) is 1. The second kappa shape index (κ2) is 6.95. The van der Waals surface area contributed by atoms with Crippen molar-refractivity contribution in [3.63, 3.8) is 0 Å². The van der Waals surface area contributed by atoms with E-state index in [1.807, 2.05) is 19.1 Å². The Labute approximate surface area is 95.7 Å². The van der Waals surface area contributed by atoms with E-state index in [-0.39, 0.29) is 0 Å². The number of hydrogen-bond donors (Lipinski definition) is 2. The first-order chi connectivity index (χ1) is 7.74. The fourth-order valence-corrected chi connectivity index (χ4v) is 1.54. The van der Waals surface area contributed by atoms with Gasteiger partial charge in [-0.15, -0.1) is 0 Å². The molecule has 0 spiro atoms. The minimum Gasteiger partial charge on any atom is -0.480 e. The minimum atomic E-state index is -0.770. The van der Waals surface area contributed by atoms with E-state index in [0.717, 1.165) is 18.4 Å². The molecule has 0 aliphatic rings. The highest BCUT2D eigenvalue weighted by atomic mass is 16.4. The lowest BCUT2D eigenvalue weighted by Crippen LogP contribution is -2.37. The zero-order valence-electron chi connectivity index (χ0n) is 9.52. The Bertz CT molecular complexity index is 314. The standard InChI is InChI=1S/C12H18N2O2/c1-2-4-11(12(15)16)14-8-6-10-5-3-7-13-9-10/h3,5,7,9,11,14H,2,4,6,8H2,1H3,(H,15,16). The molecule has 0 amide bonds. The molecule has 1 aromatic heterocycles. The average Bonchev–Trinajstić information content (AvgIpc) is 2.29. The largest absolute Gasteiger partial charge is 0.480 e. The molecule has 88 valence electrons. The zero-order chi connectivity index (χ0) is 11.8. The fourth-order valence-electron chi connectivity index (χ4n) is 1.54. The topological polar surface area (TPSA) is 62.2 Å². The molecule has 4 heteroatoms. The normalized spacial score (nSPS) is 12.3. The van der Waals surface area contributed by atoms with E-state index in [0.29, 0.717) is 13.0 Å². The molecule has 1 rings (SSSR count). The van der Waals surface area contributed by atoms with Gasteiger partial charge < -0.3 is 10.4 Å². The quantitative estimate of drug-likeness (QED) is 0.733. The van der Waals surface area contributed by atoms with Crippen molar-refractivity contribution in [1.29, 1.82) is 0 Å². The van der Waals surface area contributed by atoms with Crippen molar-refractivity contribution in [2.45, 2.75) is 32.2 Å². The maximum Gasteiger partial charge on any atom is 0.320 e. The van der Waals surface area contributed by atoms with Gasteiger partial charge >= 0.3 is 5.97 Å². The third-order valence-electron chi connectivity index (χ3n) is 2.40. The lowest BCUT2D eigenvalue weighted by atomic mass is 10.1. The third-order valence-corrected chi connectivity index (χ3v) is 2.40. The van der Waals surface area contributed by atoms with Crippen LogP contribution in [0.2, 0.25) is 0 Å². The van der Waals surface area contributed by atoms with Crippen molar-refractivity contribution in [3.05, 3.63) is 30.1 Å². The van der Waals surface area contributed by atoms with Crippen LogP contribution < -0.4 is 5.32 Å². The van der Waals surface area contributed by atoms with Crippen LogP contribution in [0.4, 0.5) is 0 Å². The molecular weight excluding hydrogens is 204 g/mol. The van der Waals surface area contributed by atoms with Gasteiger partial charge in [0.25, 0.3) is 0 Å². The Morgan fingerprint density at radius 1 is 1.62 bits per heavy atom. The molecule has 0 fully saturated rings. The Morgan fingerprint density at radius 3 is 3.00 bits per heavy atom. The molecule has 1 aromatic rings. The first kappa shape index (κ1) is 12.6. The number of aromatic nitrogens is 1. The van der Waals surface area contributed by atoms with E-state index in [1.165, 1.54) is 0 Å². The van der Waals surface area contributed by atoms with Crippen LogP contribution in [0, 0.1) is 0 Å². The number of carbonyl (C=O) groups is 1. The predicted molar refractivity (Wildman–Crippen MR) is 62.3 cm³/mol. The van der Waals surface area contributed by atoms with E-state index in [4.69, 9.17) is 5.11 Å². The number of carboxylic acid groups (broad SMARTS) is 1. The monoisotopic (exact) mass is 222 g/mol. The highest BCUT2D eigenvalue weighted by Crippen LogP contribution is 1.99. The summed E-state index contributed by atoms with van der Waals surface area (Å²) in [6.07, 6.45) is 5.88. The summed E-state index contributed by atoms with van der Waals surface area (Å²) < 4.78 is 0. The zero-order valence-corrected chi connectivity index (χ0v) is 9.52. The molecule has 1 unspecified atom stereocenters. The van der Waals surface area contributed by atoms with E-state index in [2.05, 4.69) is 10.3 Å². The Morgan fingerprint density at radius 2 is 2.44 bits per heavy atom. The fraction of sp³-hybridized carbons (Fsp3) is 0.500. The smallest absolute Gasteiger partial charge is 0.320 e. The van der Waals surface area contributed by atoms with Crippen LogP contribution in [0.15, 0.2) is 24.5 Å². The van der Waals surface area contributed by atoms with Gasteiger partial charge in [0.15, 0.2) is 0 Å². The van der Waals surface area contributed by atoms with Gasteiger partial charge in [-0.25, -0.2) is 0 Å². The number of hydrogen-bond acceptors (Lipinski definition) is 3. The van der Waals surface area contributed by atoms with E-state index >= 15 is 0 Å². The van der Waals surface area contributed by atoms with Crippen molar-refractivity contribution in [2.24, 2.45) is 0 Å². The molecule has 1 atom stereocenters. The number of aliphatic carboxylic acids is 1. The first-order valence-electron chi connectivity index (χ1n) is 5.59. The number of nitrogens with zero attached hydrogens (tertiary/aromatic N) is 1. The number of carboxylic acids is 1. The summed E-state index contributed by atoms with van der Waals surface area (Å²) in [6.45, 7) is 2.65. The molecule has 0 saturated carbocycles. The molecule has 0 aromatic carbocycles. The maximum atomic E-state index is 10.9. The molecule has 0 saturated heterocycles. The van der Waals surface area contributed by atoms with Crippen molar-refractivity contribution >= 4 is 5.97 Å². The number of pyridine rings is 1. The first-order valence-corrected chi connectivity index (χ1v) is 5.59. The summed E-state index contributed by atoms with van der Waals surface area (Å²) in [7, 11) is 0. The minimum absolute atomic E-state index is 0.429. The van der Waals surface area contributed by atoms with Crippen LogP contribution in [-0.2, 0) is 11.2 Å². The molecule has 1 heterocycles. The molecular formula is C12H18N2O2. The molecule has 0 bridgehead atoms. The van der Waals surface area contributed by atoms with Crippen LogP contribution >= 0.6 is 0 Å². The number of rotatable bonds is 7. The lowest BCUT2D eigenvalue weighted by molar-refractivity contribution is -0.139. The summed E-state index contributed by atoms with van der Waals surface area (Å²) >= 11 is 0. The van der Waals surface area contributed by atoms with Gasteiger partial charge in [0.1, 0.15) is 6.04 Å². The average molecular weight is 222 g/mol. The van der Waals surface area contributed by atoms with Crippen molar-refractivity contribution < 1.29 is 9.90 Å². The van der Waals surface area contributed by atoms with Crippen molar-refractivity contribution in [1.82, 2.24) is 10.3 Å². The maximum absolute atomic E-state index is 10.9. The van der Waals surface area contributed by atoms with Crippen LogP contribution in [0.1, 0.15) is 25.3 Å². The highest BCUT2D eigenvalue weighted by Gasteiger charge is 2.14. The van der Waals surface area contributed by atoms with Gasteiger partial charge in [0.2, 0.25) is 0 Å². The molecule has 0 aliphatic heterocycles. The van der Waals surface area contributed by atoms with Crippen LogP contribution in [0.5, 0.6) is 0 Å². The predicted octanol–water partition coefficient (Wildman–Crippen LogP) is 1.47. The third kappa shape index (κ3) is 4.40. The summed E-state index contributed by atoms with van der Waals surface area (Å²) in [5.74, 6) is -0.770. The van der Waals surface area contributed by atoms with Gasteiger partial charge in [-0.05, 0) is 24.5 Å². The van der Waals surface area contributed by atoms with Gasteiger partial charge in [-0.2, -0.15) is 0 Å². The van der Waals surface area contributed by atoms with E-state index in [9.17, 15) is 4.79 Å². The molecule has 16 heavy (non-hydrogen) atoms. The molecule has 0 radical (unpaired) electrons. The van der Waals surface area contributed by atoms with E-state index in [1.54, 1.807) is 12.4 Å². The van der Waals surface area contributed by atoms with E-state index < -0.39 is 12.0 Å². The van der Waals surface area contributed by atoms with Crippen LogP contribution in [-0.4, -0.2) is 28.6 Å². The summed E-state index contributed by atoms with van der Waals surface area (Å²) in [5.41, 5.74) is 1.12. The SMILES string of the molecule is CCCC(NCCc1cccnc1)C(=O)O. The summed E-state index contributed by atoms with van der Waals surface area (Å²) in [6, 6.07) is 3.45. The van der Waals surface area contributed by atoms with Crippen molar-refractivity contribution in [2.75, 3.05) is 6.54 Å². The molecule has 2 N–H and O–H groups in total. The lowest BCUT2D eigenvalue weighted by Gasteiger charge is -2.12. The molecule has 0 aliphatic carbocycles. The van der Waals surface area contributed by atoms with Crippen LogP contribution in [0.25, 0.3) is 0 Å². The Kier molecular flexibility index (Phi) is 5.50. The van der Waals surface area contributed by atoms with Gasteiger partial charge in [0.05, 0.1) is 0 Å². The van der Waals surface area contributed by atoms with Gasteiger partial charge in [-0.3, -0.25) is 9.78 Å². The Hall–Kier alpha value is -1.42. The second-order valence-corrected chi connectivity index (χ2v) is 3.74. The molecule has 4 nitrogen and oxygen atoms in total. The van der Waals surface area contributed by atoms with Gasteiger partial charge in [0, 0.05) is 18.9 Å². The van der Waals surface area contributed by atoms with Gasteiger partial charge in [-0.1, -0.05) is 19.4 Å². The highest BCUT2D eigenvalue weighted by molar-refractivity contribution is 5.73. The van der Waals surface area contributed by atoms with Crippen LogP contribution in [0.3, 0.4) is 0 Å². The summed E-state index contributed by atoms with van der Waals surface area (Å²) in [5, 5.41) is 12.0.